The van der Waals surface area contributed by atoms with Gasteiger partial charge in [0.05, 0.1) is 12.2 Å². The SMILES string of the molecule is CCNCc1ccnc(OCCOC(C)(C)C)c1. The lowest BCUT2D eigenvalue weighted by molar-refractivity contribution is -0.0168. The van der Waals surface area contributed by atoms with Crippen molar-refractivity contribution in [2.45, 2.75) is 39.8 Å². The van der Waals surface area contributed by atoms with Crippen molar-refractivity contribution < 1.29 is 9.47 Å². The third kappa shape index (κ3) is 6.57. The molecule has 18 heavy (non-hydrogen) atoms. The van der Waals surface area contributed by atoms with Gasteiger partial charge in [-0.15, -0.1) is 0 Å². The zero-order valence-corrected chi connectivity index (χ0v) is 11.8. The van der Waals surface area contributed by atoms with Crippen LogP contribution < -0.4 is 10.1 Å². The Labute approximate surface area is 110 Å². The summed E-state index contributed by atoms with van der Waals surface area (Å²) in [5, 5.41) is 3.27. The van der Waals surface area contributed by atoms with Crippen molar-refractivity contribution in [3.8, 4) is 5.88 Å². The zero-order chi connectivity index (χ0) is 13.4. The van der Waals surface area contributed by atoms with Gasteiger partial charge in [-0.3, -0.25) is 0 Å². The van der Waals surface area contributed by atoms with Crippen LogP contribution in [0.5, 0.6) is 5.88 Å². The fourth-order valence-corrected chi connectivity index (χ4v) is 1.40. The van der Waals surface area contributed by atoms with Crippen molar-refractivity contribution in [3.63, 3.8) is 0 Å². The first kappa shape index (κ1) is 14.9. The van der Waals surface area contributed by atoms with E-state index in [1.54, 1.807) is 6.20 Å². The molecular formula is C14H24N2O2. The summed E-state index contributed by atoms with van der Waals surface area (Å²) >= 11 is 0. The third-order valence-corrected chi connectivity index (χ3v) is 2.25. The second kappa shape index (κ2) is 7.34. The van der Waals surface area contributed by atoms with Crippen LogP contribution >= 0.6 is 0 Å². The average Bonchev–Trinajstić information content (AvgIpc) is 2.31. The lowest BCUT2D eigenvalue weighted by atomic mass is 10.2. The first-order chi connectivity index (χ1) is 8.51. The van der Waals surface area contributed by atoms with E-state index in [1.165, 1.54) is 5.56 Å². The number of ether oxygens (including phenoxy) is 2. The smallest absolute Gasteiger partial charge is 0.213 e. The minimum Gasteiger partial charge on any atom is -0.475 e. The molecule has 0 radical (unpaired) electrons. The molecule has 0 atom stereocenters. The van der Waals surface area contributed by atoms with Gasteiger partial charge in [0.15, 0.2) is 0 Å². The minimum absolute atomic E-state index is 0.121. The maximum atomic E-state index is 5.58. The van der Waals surface area contributed by atoms with Crippen LogP contribution in [0.3, 0.4) is 0 Å². The van der Waals surface area contributed by atoms with E-state index in [0.717, 1.165) is 13.1 Å². The molecule has 1 aromatic heterocycles. The van der Waals surface area contributed by atoms with E-state index < -0.39 is 0 Å². The Morgan fingerprint density at radius 1 is 1.28 bits per heavy atom. The molecule has 1 heterocycles. The summed E-state index contributed by atoms with van der Waals surface area (Å²) in [7, 11) is 0. The van der Waals surface area contributed by atoms with Gasteiger partial charge in [-0.05, 0) is 38.9 Å². The van der Waals surface area contributed by atoms with Gasteiger partial charge in [-0.2, -0.15) is 0 Å². The van der Waals surface area contributed by atoms with Crippen LogP contribution in [0.4, 0.5) is 0 Å². The predicted molar refractivity (Wildman–Crippen MR) is 72.8 cm³/mol. The highest BCUT2D eigenvalue weighted by molar-refractivity contribution is 5.20. The van der Waals surface area contributed by atoms with Crippen LogP contribution in [0.1, 0.15) is 33.3 Å². The molecule has 0 saturated carbocycles. The molecule has 1 aromatic rings. The monoisotopic (exact) mass is 252 g/mol. The summed E-state index contributed by atoms with van der Waals surface area (Å²) in [6, 6.07) is 3.95. The molecule has 0 saturated heterocycles. The lowest BCUT2D eigenvalue weighted by Crippen LogP contribution is -2.22. The number of pyridine rings is 1. The second-order valence-corrected chi connectivity index (χ2v) is 5.09. The molecule has 0 aromatic carbocycles. The van der Waals surface area contributed by atoms with Gasteiger partial charge < -0.3 is 14.8 Å². The number of hydrogen-bond donors (Lipinski definition) is 1. The molecule has 1 N–H and O–H groups in total. The zero-order valence-electron chi connectivity index (χ0n) is 11.8. The summed E-state index contributed by atoms with van der Waals surface area (Å²) in [6.07, 6.45) is 1.77. The van der Waals surface area contributed by atoms with Crippen LogP contribution in [0.25, 0.3) is 0 Å². The quantitative estimate of drug-likeness (QED) is 0.757. The van der Waals surface area contributed by atoms with E-state index in [1.807, 2.05) is 32.9 Å². The van der Waals surface area contributed by atoms with E-state index in [2.05, 4.69) is 17.2 Å². The molecule has 0 aliphatic carbocycles. The van der Waals surface area contributed by atoms with E-state index in [-0.39, 0.29) is 5.60 Å². The summed E-state index contributed by atoms with van der Waals surface area (Å²) < 4.78 is 11.1. The number of aromatic nitrogens is 1. The Bertz CT molecular complexity index is 348. The predicted octanol–water partition coefficient (Wildman–Crippen LogP) is 2.39. The van der Waals surface area contributed by atoms with Gasteiger partial charge in [0.2, 0.25) is 5.88 Å². The van der Waals surface area contributed by atoms with Crippen LogP contribution in [-0.2, 0) is 11.3 Å². The maximum absolute atomic E-state index is 5.58. The van der Waals surface area contributed by atoms with E-state index in [9.17, 15) is 0 Å². The van der Waals surface area contributed by atoms with E-state index >= 15 is 0 Å². The molecule has 1 rings (SSSR count). The van der Waals surface area contributed by atoms with Gasteiger partial charge >= 0.3 is 0 Å². The largest absolute Gasteiger partial charge is 0.475 e. The van der Waals surface area contributed by atoms with Crippen molar-refractivity contribution in [2.75, 3.05) is 19.8 Å². The first-order valence-corrected chi connectivity index (χ1v) is 6.43. The van der Waals surface area contributed by atoms with Crippen molar-refractivity contribution in [1.29, 1.82) is 0 Å². The highest BCUT2D eigenvalue weighted by atomic mass is 16.5. The van der Waals surface area contributed by atoms with E-state index in [0.29, 0.717) is 19.1 Å². The van der Waals surface area contributed by atoms with Gasteiger partial charge in [0.1, 0.15) is 6.61 Å². The Morgan fingerprint density at radius 2 is 2.06 bits per heavy atom. The maximum Gasteiger partial charge on any atom is 0.213 e. The molecule has 0 bridgehead atoms. The van der Waals surface area contributed by atoms with E-state index in [4.69, 9.17) is 9.47 Å². The number of nitrogens with one attached hydrogen (secondary N) is 1. The highest BCUT2D eigenvalue weighted by Crippen LogP contribution is 2.10. The molecule has 0 amide bonds. The fraction of sp³-hybridized carbons (Fsp3) is 0.643. The summed E-state index contributed by atoms with van der Waals surface area (Å²) in [4.78, 5) is 4.18. The van der Waals surface area contributed by atoms with Gasteiger partial charge in [0, 0.05) is 18.8 Å². The Morgan fingerprint density at radius 3 is 2.72 bits per heavy atom. The molecule has 0 aliphatic rings. The molecule has 4 heteroatoms. The highest BCUT2D eigenvalue weighted by Gasteiger charge is 2.09. The van der Waals surface area contributed by atoms with Gasteiger partial charge in [0.25, 0.3) is 0 Å². The third-order valence-electron chi connectivity index (χ3n) is 2.25. The van der Waals surface area contributed by atoms with Crippen LogP contribution in [0, 0.1) is 0 Å². The summed E-state index contributed by atoms with van der Waals surface area (Å²) in [5.41, 5.74) is 1.06. The Hall–Kier alpha value is -1.13. The Kier molecular flexibility index (Phi) is 6.09. The van der Waals surface area contributed by atoms with Crippen LogP contribution in [0.2, 0.25) is 0 Å². The minimum atomic E-state index is -0.121. The summed E-state index contributed by atoms with van der Waals surface area (Å²) in [5.74, 6) is 0.655. The first-order valence-electron chi connectivity index (χ1n) is 6.43. The average molecular weight is 252 g/mol. The molecular weight excluding hydrogens is 228 g/mol. The normalized spacial score (nSPS) is 11.6. The second-order valence-electron chi connectivity index (χ2n) is 5.09. The van der Waals surface area contributed by atoms with Crippen molar-refractivity contribution >= 4 is 0 Å². The fourth-order valence-electron chi connectivity index (χ4n) is 1.40. The number of nitrogens with zero attached hydrogens (tertiary/aromatic N) is 1. The standard InChI is InChI=1S/C14H24N2O2/c1-5-15-11-12-6-7-16-13(10-12)17-8-9-18-14(2,3)4/h6-7,10,15H,5,8-9,11H2,1-4H3. The molecule has 102 valence electrons. The van der Waals surface area contributed by atoms with Crippen molar-refractivity contribution in [1.82, 2.24) is 10.3 Å². The van der Waals surface area contributed by atoms with Gasteiger partial charge in [-0.25, -0.2) is 4.98 Å². The number of rotatable bonds is 7. The van der Waals surface area contributed by atoms with Crippen LogP contribution in [-0.4, -0.2) is 30.3 Å². The molecule has 4 nitrogen and oxygen atoms in total. The lowest BCUT2D eigenvalue weighted by Gasteiger charge is -2.19. The molecule has 0 fully saturated rings. The number of hydrogen-bond acceptors (Lipinski definition) is 4. The summed E-state index contributed by atoms with van der Waals surface area (Å²) in [6.45, 7) is 11.1. The molecule has 0 spiro atoms. The van der Waals surface area contributed by atoms with Crippen molar-refractivity contribution in [2.24, 2.45) is 0 Å². The van der Waals surface area contributed by atoms with Gasteiger partial charge in [-0.1, -0.05) is 6.92 Å². The Balaban J connectivity index is 2.33. The molecule has 0 aliphatic heterocycles. The van der Waals surface area contributed by atoms with Crippen LogP contribution in [0.15, 0.2) is 18.3 Å². The molecule has 0 unspecified atom stereocenters. The topological polar surface area (TPSA) is 43.4 Å². The van der Waals surface area contributed by atoms with Crippen molar-refractivity contribution in [3.05, 3.63) is 23.9 Å².